The topological polar surface area (TPSA) is 46.4 Å². The average Bonchev–Trinajstić information content (AvgIpc) is 3.06. The number of fused-ring (bicyclic) bond motifs is 1. The monoisotopic (exact) mass is 326 g/mol. The van der Waals surface area contributed by atoms with Crippen molar-refractivity contribution in [2.45, 2.75) is 13.3 Å². The van der Waals surface area contributed by atoms with Gasteiger partial charge < -0.3 is 4.90 Å². The summed E-state index contributed by atoms with van der Waals surface area (Å²) in [4.78, 5) is 19.6. The Bertz CT molecular complexity index is 793. The molecule has 1 fully saturated rings. The number of pyridine rings is 1. The van der Waals surface area contributed by atoms with Gasteiger partial charge in [0, 0.05) is 10.9 Å². The highest BCUT2D eigenvalue weighted by Crippen LogP contribution is 2.31. The predicted molar refractivity (Wildman–Crippen MR) is 94.2 cm³/mol. The van der Waals surface area contributed by atoms with Crippen molar-refractivity contribution < 1.29 is 4.98 Å². The van der Waals surface area contributed by atoms with Crippen LogP contribution in [-0.4, -0.2) is 36.1 Å². The molecule has 0 amide bonds. The van der Waals surface area contributed by atoms with E-state index in [0.29, 0.717) is 0 Å². The fourth-order valence-electron chi connectivity index (χ4n) is 3.06. The van der Waals surface area contributed by atoms with Gasteiger partial charge in [-0.3, -0.25) is 4.90 Å². The van der Waals surface area contributed by atoms with Crippen molar-refractivity contribution in [3.63, 3.8) is 0 Å². The standard InChI is InChI=1S/C17H19N5S/c1-2-13-11-14-16(19-12-20-17(14)23-13)22-9-7-21(8-10-22)15-5-3-4-6-18-15/h3-6,11-12H,2,7-10H2,1H3/p+1. The zero-order valence-corrected chi connectivity index (χ0v) is 14.0. The van der Waals surface area contributed by atoms with E-state index in [1.165, 1.54) is 16.1 Å². The van der Waals surface area contributed by atoms with Crippen molar-refractivity contribution in [2.24, 2.45) is 0 Å². The fraction of sp³-hybridized carbons (Fsp3) is 0.353. The Kier molecular flexibility index (Phi) is 3.83. The molecule has 1 N–H and O–H groups in total. The molecular weight excluding hydrogens is 306 g/mol. The van der Waals surface area contributed by atoms with E-state index in [-0.39, 0.29) is 0 Å². The van der Waals surface area contributed by atoms with Gasteiger partial charge in [0.05, 0.1) is 24.7 Å². The van der Waals surface area contributed by atoms with Crippen molar-refractivity contribution in [2.75, 3.05) is 36.0 Å². The van der Waals surface area contributed by atoms with E-state index in [1.807, 2.05) is 12.3 Å². The van der Waals surface area contributed by atoms with Crippen LogP contribution in [0.5, 0.6) is 0 Å². The number of hydrogen-bond acceptors (Lipinski definition) is 5. The summed E-state index contributed by atoms with van der Waals surface area (Å²) in [6.45, 7) is 6.14. The first-order chi connectivity index (χ1) is 11.3. The smallest absolute Gasteiger partial charge is 0.274 e. The highest BCUT2D eigenvalue weighted by atomic mass is 32.1. The molecule has 5 nitrogen and oxygen atoms in total. The van der Waals surface area contributed by atoms with Crippen molar-refractivity contribution in [1.29, 1.82) is 0 Å². The van der Waals surface area contributed by atoms with E-state index in [1.54, 1.807) is 17.7 Å². The van der Waals surface area contributed by atoms with Crippen LogP contribution in [0.1, 0.15) is 11.8 Å². The highest BCUT2D eigenvalue weighted by molar-refractivity contribution is 7.18. The summed E-state index contributed by atoms with van der Waals surface area (Å²) >= 11 is 1.78. The van der Waals surface area contributed by atoms with Crippen molar-refractivity contribution in [3.8, 4) is 0 Å². The molecule has 0 radical (unpaired) electrons. The number of aromatic nitrogens is 3. The Hall–Kier alpha value is -2.21. The molecule has 0 saturated carbocycles. The van der Waals surface area contributed by atoms with Gasteiger partial charge in [0.25, 0.3) is 5.82 Å². The number of hydrogen-bond donors (Lipinski definition) is 0. The zero-order chi connectivity index (χ0) is 15.6. The molecule has 6 heteroatoms. The molecule has 0 unspecified atom stereocenters. The lowest BCUT2D eigenvalue weighted by Gasteiger charge is -2.31. The first kappa shape index (κ1) is 14.4. The van der Waals surface area contributed by atoms with Gasteiger partial charge in [-0.25, -0.2) is 15.0 Å². The van der Waals surface area contributed by atoms with Crippen LogP contribution in [0.15, 0.2) is 36.8 Å². The second kappa shape index (κ2) is 6.12. The number of anilines is 2. The number of piperazine rings is 1. The van der Waals surface area contributed by atoms with Gasteiger partial charge in [-0.15, -0.1) is 11.3 Å². The predicted octanol–water partition coefficient (Wildman–Crippen LogP) is 2.39. The van der Waals surface area contributed by atoms with Gasteiger partial charge in [0.1, 0.15) is 30.1 Å². The molecule has 23 heavy (non-hydrogen) atoms. The van der Waals surface area contributed by atoms with Gasteiger partial charge in [0.15, 0.2) is 0 Å². The summed E-state index contributed by atoms with van der Waals surface area (Å²) in [5.74, 6) is 2.27. The van der Waals surface area contributed by atoms with Crippen LogP contribution >= 0.6 is 11.3 Å². The number of H-pyrrole nitrogens is 1. The lowest BCUT2D eigenvalue weighted by molar-refractivity contribution is -0.364. The van der Waals surface area contributed by atoms with Gasteiger partial charge in [-0.05, 0) is 18.6 Å². The Labute approximate surface area is 139 Å². The van der Waals surface area contributed by atoms with Crippen molar-refractivity contribution >= 4 is 33.2 Å². The molecule has 0 spiro atoms. The van der Waals surface area contributed by atoms with Crippen molar-refractivity contribution in [3.05, 3.63) is 41.7 Å². The second-order valence-electron chi connectivity index (χ2n) is 5.70. The number of nitrogens with zero attached hydrogens (tertiary/aromatic N) is 4. The minimum Gasteiger partial charge on any atom is -0.348 e. The van der Waals surface area contributed by atoms with Crippen LogP contribution in [0, 0.1) is 0 Å². The first-order valence-electron chi connectivity index (χ1n) is 8.05. The summed E-state index contributed by atoms with van der Waals surface area (Å²) in [5.41, 5.74) is 0. The second-order valence-corrected chi connectivity index (χ2v) is 6.82. The van der Waals surface area contributed by atoms with Gasteiger partial charge in [-0.2, -0.15) is 0 Å². The SMILES string of the molecule is CCc1cc2c(N3CCN(c4cccc[nH+]4)CC3)ncnc2s1. The number of rotatable bonds is 3. The third kappa shape index (κ3) is 2.74. The summed E-state index contributed by atoms with van der Waals surface area (Å²) in [6, 6.07) is 8.47. The molecule has 0 bridgehead atoms. The molecule has 3 aromatic heterocycles. The zero-order valence-electron chi connectivity index (χ0n) is 13.2. The Balaban J connectivity index is 1.55. The van der Waals surface area contributed by atoms with E-state index < -0.39 is 0 Å². The molecule has 3 aromatic rings. The quantitative estimate of drug-likeness (QED) is 0.741. The maximum atomic E-state index is 4.57. The Morgan fingerprint density at radius 3 is 2.70 bits per heavy atom. The molecule has 118 valence electrons. The minimum absolute atomic E-state index is 0.978. The van der Waals surface area contributed by atoms with E-state index in [0.717, 1.165) is 43.2 Å². The van der Waals surface area contributed by atoms with E-state index in [4.69, 9.17) is 0 Å². The Morgan fingerprint density at radius 1 is 1.13 bits per heavy atom. The summed E-state index contributed by atoms with van der Waals surface area (Å²) in [5, 5.41) is 1.20. The fourth-order valence-corrected chi connectivity index (χ4v) is 3.99. The largest absolute Gasteiger partial charge is 0.348 e. The molecular formula is C17H20N5S+. The molecule has 1 aliphatic heterocycles. The lowest BCUT2D eigenvalue weighted by atomic mass is 10.2. The maximum absolute atomic E-state index is 4.57. The van der Waals surface area contributed by atoms with Crippen LogP contribution in [0.25, 0.3) is 10.2 Å². The van der Waals surface area contributed by atoms with Gasteiger partial charge in [-0.1, -0.05) is 13.0 Å². The van der Waals surface area contributed by atoms with Crippen LogP contribution in [-0.2, 0) is 6.42 Å². The Morgan fingerprint density at radius 2 is 1.96 bits per heavy atom. The number of thiophene rings is 1. The highest BCUT2D eigenvalue weighted by Gasteiger charge is 2.25. The van der Waals surface area contributed by atoms with Crippen LogP contribution in [0.3, 0.4) is 0 Å². The maximum Gasteiger partial charge on any atom is 0.274 e. The minimum atomic E-state index is 0.978. The summed E-state index contributed by atoms with van der Waals surface area (Å²) in [7, 11) is 0. The summed E-state index contributed by atoms with van der Waals surface area (Å²) in [6.07, 6.45) is 4.73. The van der Waals surface area contributed by atoms with Gasteiger partial charge in [0.2, 0.25) is 0 Å². The summed E-state index contributed by atoms with van der Waals surface area (Å²) < 4.78 is 0. The average molecular weight is 326 g/mol. The molecule has 0 aliphatic carbocycles. The molecule has 4 heterocycles. The lowest BCUT2D eigenvalue weighted by Crippen LogP contribution is -2.48. The first-order valence-corrected chi connectivity index (χ1v) is 8.87. The third-order valence-electron chi connectivity index (χ3n) is 4.32. The van der Waals surface area contributed by atoms with Crippen molar-refractivity contribution in [1.82, 2.24) is 9.97 Å². The van der Waals surface area contributed by atoms with Gasteiger partial charge >= 0.3 is 0 Å². The molecule has 0 atom stereocenters. The molecule has 0 aromatic carbocycles. The molecule has 1 saturated heterocycles. The third-order valence-corrected chi connectivity index (χ3v) is 5.51. The van der Waals surface area contributed by atoms with Crippen LogP contribution in [0.4, 0.5) is 11.6 Å². The van der Waals surface area contributed by atoms with Crippen LogP contribution in [0.2, 0.25) is 0 Å². The normalized spacial score (nSPS) is 15.3. The van der Waals surface area contributed by atoms with E-state index >= 15 is 0 Å². The van der Waals surface area contributed by atoms with Crippen LogP contribution < -0.4 is 14.8 Å². The number of nitrogens with one attached hydrogen (secondary N) is 1. The van der Waals surface area contributed by atoms with E-state index in [2.05, 4.69) is 49.9 Å². The number of aryl methyl sites for hydroxylation is 1. The van der Waals surface area contributed by atoms with E-state index in [9.17, 15) is 0 Å². The molecule has 1 aliphatic rings. The molecule has 4 rings (SSSR count). The number of aromatic amines is 1.